The number of benzene rings is 2. The van der Waals surface area contributed by atoms with Gasteiger partial charge in [-0.05, 0) is 47.5 Å². The molecule has 124 valence electrons. The summed E-state index contributed by atoms with van der Waals surface area (Å²) in [6.45, 7) is 5.31. The van der Waals surface area contributed by atoms with Gasteiger partial charge in [0.25, 0.3) is 0 Å². The third-order valence-corrected chi connectivity index (χ3v) is 6.92. The van der Waals surface area contributed by atoms with Gasteiger partial charge < -0.3 is 19.1 Å². The Morgan fingerprint density at radius 3 is 1.35 bits per heavy atom. The van der Waals surface area contributed by atoms with E-state index in [4.69, 9.17) is 8.85 Å². The summed E-state index contributed by atoms with van der Waals surface area (Å²) in [4.78, 5) is 0. The molecule has 0 spiro atoms. The number of hydrogen-bond acceptors (Lipinski definition) is 4. The van der Waals surface area contributed by atoms with Gasteiger partial charge in [0.15, 0.2) is 0 Å². The Morgan fingerprint density at radius 2 is 1.04 bits per heavy atom. The topological polar surface area (TPSA) is 58.9 Å². The van der Waals surface area contributed by atoms with E-state index in [-0.39, 0.29) is 11.5 Å². The number of phenols is 2. The first kappa shape index (κ1) is 17.5. The lowest BCUT2D eigenvalue weighted by Gasteiger charge is -2.31. The van der Waals surface area contributed by atoms with Crippen LogP contribution in [0.5, 0.6) is 11.5 Å². The first-order valence-corrected chi connectivity index (χ1v) is 9.81. The van der Waals surface area contributed by atoms with Gasteiger partial charge in [0.1, 0.15) is 11.5 Å². The van der Waals surface area contributed by atoms with Crippen molar-refractivity contribution in [3.63, 3.8) is 0 Å². The van der Waals surface area contributed by atoms with Crippen LogP contribution in [0.2, 0.25) is 0 Å². The van der Waals surface area contributed by atoms with E-state index in [2.05, 4.69) is 13.8 Å². The molecule has 0 aliphatic rings. The van der Waals surface area contributed by atoms with Crippen LogP contribution >= 0.6 is 0 Å². The molecule has 0 aromatic heterocycles. The molecule has 0 saturated heterocycles. The monoisotopic (exact) mass is 332 g/mol. The molecule has 0 aliphatic carbocycles. The Morgan fingerprint density at radius 1 is 0.696 bits per heavy atom. The lowest BCUT2D eigenvalue weighted by Crippen LogP contribution is -2.63. The summed E-state index contributed by atoms with van der Waals surface area (Å²) in [5.41, 5.74) is 0. The molecule has 5 heteroatoms. The van der Waals surface area contributed by atoms with E-state index in [1.54, 1.807) is 24.3 Å². The summed E-state index contributed by atoms with van der Waals surface area (Å²) in [6, 6.07) is 14.1. The van der Waals surface area contributed by atoms with Crippen LogP contribution in [-0.4, -0.2) is 32.0 Å². The molecule has 0 amide bonds. The summed E-state index contributed by atoms with van der Waals surface area (Å²) in [6.07, 6.45) is 1.78. The van der Waals surface area contributed by atoms with Crippen molar-refractivity contribution in [3.8, 4) is 11.5 Å². The van der Waals surface area contributed by atoms with Crippen molar-refractivity contribution < 1.29 is 19.1 Å². The second-order valence-corrected chi connectivity index (χ2v) is 8.37. The maximum Gasteiger partial charge on any atom is 0.407 e. The van der Waals surface area contributed by atoms with Gasteiger partial charge in [-0.15, -0.1) is 0 Å². The number of rotatable bonds is 8. The normalized spacial score (nSPS) is 11.6. The van der Waals surface area contributed by atoms with Gasteiger partial charge in [-0.25, -0.2) is 0 Å². The van der Waals surface area contributed by atoms with Crippen LogP contribution in [0.1, 0.15) is 26.7 Å². The first-order chi connectivity index (χ1) is 11.1. The second kappa shape index (κ2) is 8.15. The fourth-order valence-electron chi connectivity index (χ4n) is 2.39. The first-order valence-electron chi connectivity index (χ1n) is 7.99. The van der Waals surface area contributed by atoms with Crippen LogP contribution in [0.15, 0.2) is 48.5 Å². The summed E-state index contributed by atoms with van der Waals surface area (Å²) in [7, 11) is -2.86. The van der Waals surface area contributed by atoms with Crippen molar-refractivity contribution in [1.29, 1.82) is 0 Å². The Labute approximate surface area is 138 Å². The molecular weight excluding hydrogens is 308 g/mol. The lowest BCUT2D eigenvalue weighted by molar-refractivity contribution is 0.191. The van der Waals surface area contributed by atoms with E-state index in [0.717, 1.165) is 23.2 Å². The van der Waals surface area contributed by atoms with E-state index in [1.807, 2.05) is 24.3 Å². The van der Waals surface area contributed by atoms with Crippen molar-refractivity contribution in [2.45, 2.75) is 26.7 Å². The van der Waals surface area contributed by atoms with Crippen molar-refractivity contribution in [1.82, 2.24) is 0 Å². The molecule has 0 bridgehead atoms. The molecule has 0 unspecified atom stereocenters. The predicted octanol–water partition coefficient (Wildman–Crippen LogP) is 2.51. The Bertz CT molecular complexity index is 540. The highest BCUT2D eigenvalue weighted by molar-refractivity contribution is 6.92. The standard InChI is InChI=1S/C18H24O4Si/c1-3-13-21-23(22-14-4-2,17-9-5-15(19)6-10-17)18-11-7-16(20)8-12-18/h5-12,19-20H,3-4,13-14H2,1-2H3. The van der Waals surface area contributed by atoms with Crippen molar-refractivity contribution in [3.05, 3.63) is 48.5 Å². The molecule has 2 N–H and O–H groups in total. The van der Waals surface area contributed by atoms with Crippen molar-refractivity contribution in [2.75, 3.05) is 13.2 Å². The smallest absolute Gasteiger partial charge is 0.407 e. The highest BCUT2D eigenvalue weighted by Gasteiger charge is 2.42. The van der Waals surface area contributed by atoms with Gasteiger partial charge in [0.2, 0.25) is 0 Å². The van der Waals surface area contributed by atoms with Crippen LogP contribution in [0.4, 0.5) is 0 Å². The van der Waals surface area contributed by atoms with Crippen LogP contribution in [0, 0.1) is 0 Å². The minimum absolute atomic E-state index is 0.216. The number of aromatic hydroxyl groups is 2. The summed E-state index contributed by atoms with van der Waals surface area (Å²) >= 11 is 0. The minimum Gasteiger partial charge on any atom is -0.508 e. The fourth-order valence-corrected chi connectivity index (χ4v) is 5.67. The SMILES string of the molecule is CCCO[Si](OCCC)(c1ccc(O)cc1)c1ccc(O)cc1. The molecule has 23 heavy (non-hydrogen) atoms. The molecular formula is C18H24O4Si. The molecule has 2 aromatic carbocycles. The molecule has 2 rings (SSSR count). The predicted molar refractivity (Wildman–Crippen MR) is 93.7 cm³/mol. The molecule has 0 aliphatic heterocycles. The van der Waals surface area contributed by atoms with Crippen LogP contribution < -0.4 is 10.4 Å². The molecule has 0 fully saturated rings. The zero-order valence-electron chi connectivity index (χ0n) is 13.7. The molecule has 0 saturated carbocycles. The maximum absolute atomic E-state index is 9.58. The summed E-state index contributed by atoms with van der Waals surface area (Å²) in [5.74, 6) is 0.432. The van der Waals surface area contributed by atoms with Gasteiger partial charge in [-0.1, -0.05) is 38.1 Å². The second-order valence-electron chi connectivity index (χ2n) is 5.41. The Balaban J connectivity index is 2.52. The van der Waals surface area contributed by atoms with E-state index in [9.17, 15) is 10.2 Å². The van der Waals surface area contributed by atoms with Crippen molar-refractivity contribution in [2.24, 2.45) is 0 Å². The summed E-state index contributed by atoms with van der Waals surface area (Å²) < 4.78 is 12.6. The van der Waals surface area contributed by atoms with E-state index >= 15 is 0 Å². The zero-order chi connectivity index (χ0) is 16.7. The van der Waals surface area contributed by atoms with Gasteiger partial charge in [-0.2, -0.15) is 0 Å². The zero-order valence-corrected chi connectivity index (χ0v) is 14.7. The largest absolute Gasteiger partial charge is 0.508 e. The maximum atomic E-state index is 9.58. The molecule has 2 aromatic rings. The fraction of sp³-hybridized carbons (Fsp3) is 0.333. The average molecular weight is 332 g/mol. The Kier molecular flexibility index (Phi) is 6.21. The highest BCUT2D eigenvalue weighted by Crippen LogP contribution is 2.15. The average Bonchev–Trinajstić information content (AvgIpc) is 2.57. The lowest BCUT2D eigenvalue weighted by atomic mass is 10.3. The Hall–Kier alpha value is -1.82. The molecule has 0 radical (unpaired) electrons. The molecule has 4 nitrogen and oxygen atoms in total. The van der Waals surface area contributed by atoms with Gasteiger partial charge >= 0.3 is 8.56 Å². The van der Waals surface area contributed by atoms with Crippen LogP contribution in [-0.2, 0) is 8.85 Å². The van der Waals surface area contributed by atoms with Crippen LogP contribution in [0.3, 0.4) is 0 Å². The van der Waals surface area contributed by atoms with E-state index in [0.29, 0.717) is 13.2 Å². The van der Waals surface area contributed by atoms with Gasteiger partial charge in [0, 0.05) is 13.2 Å². The minimum atomic E-state index is -2.86. The van der Waals surface area contributed by atoms with E-state index in [1.165, 1.54) is 0 Å². The van der Waals surface area contributed by atoms with E-state index < -0.39 is 8.56 Å². The highest BCUT2D eigenvalue weighted by atomic mass is 28.4. The summed E-state index contributed by atoms with van der Waals surface area (Å²) in [5, 5.41) is 21.1. The van der Waals surface area contributed by atoms with Crippen molar-refractivity contribution >= 4 is 18.9 Å². The third kappa shape index (κ3) is 4.13. The molecule has 0 heterocycles. The number of phenolic OH excluding ortho intramolecular Hbond substituents is 2. The van der Waals surface area contributed by atoms with Gasteiger partial charge in [0.05, 0.1) is 0 Å². The molecule has 0 atom stereocenters. The van der Waals surface area contributed by atoms with Crippen LogP contribution in [0.25, 0.3) is 0 Å². The number of hydrogen-bond donors (Lipinski definition) is 2. The third-order valence-electron chi connectivity index (χ3n) is 3.51. The quantitative estimate of drug-likeness (QED) is 0.729. The van der Waals surface area contributed by atoms with Gasteiger partial charge in [-0.3, -0.25) is 0 Å².